The summed E-state index contributed by atoms with van der Waals surface area (Å²) >= 11 is 0. The van der Waals surface area contributed by atoms with E-state index >= 15 is 0 Å². The van der Waals surface area contributed by atoms with E-state index in [1.54, 1.807) is 0 Å². The monoisotopic (exact) mass is 167 g/mol. The summed E-state index contributed by atoms with van der Waals surface area (Å²) in [6.45, 7) is 5.80. The zero-order chi connectivity index (χ0) is 8.77. The molecule has 0 aromatic rings. The third-order valence-corrected chi connectivity index (χ3v) is 4.54. The number of nitrogens with two attached hydrogens (primary N) is 1. The number of hydrogen-bond donors (Lipinski definition) is 1. The topological polar surface area (TPSA) is 26.0 Å². The standard InChI is InChI=1S/C11H21N/c1-11(2)9-4-3-8(5-6-12)10(11)7-9/h8-10H,3-7,12H2,1-2H3/t8-,9-,10-/m0/s1. The maximum absolute atomic E-state index is 5.63. The zero-order valence-electron chi connectivity index (χ0n) is 8.34. The van der Waals surface area contributed by atoms with E-state index in [1.807, 2.05) is 0 Å². The lowest BCUT2D eigenvalue weighted by Gasteiger charge is -2.60. The van der Waals surface area contributed by atoms with Gasteiger partial charge in [-0.1, -0.05) is 13.8 Å². The zero-order valence-corrected chi connectivity index (χ0v) is 8.34. The van der Waals surface area contributed by atoms with Crippen molar-refractivity contribution in [1.82, 2.24) is 0 Å². The summed E-state index contributed by atoms with van der Waals surface area (Å²) in [4.78, 5) is 0. The molecule has 1 nitrogen and oxygen atoms in total. The summed E-state index contributed by atoms with van der Waals surface area (Å²) in [5.74, 6) is 2.99. The molecule has 0 amide bonds. The molecule has 0 aliphatic heterocycles. The van der Waals surface area contributed by atoms with Gasteiger partial charge in [0.2, 0.25) is 0 Å². The normalized spacial score (nSPS) is 43.8. The molecule has 3 fully saturated rings. The fourth-order valence-electron chi connectivity index (χ4n) is 3.52. The van der Waals surface area contributed by atoms with Crippen LogP contribution in [0, 0.1) is 23.2 Å². The van der Waals surface area contributed by atoms with Gasteiger partial charge in [0.25, 0.3) is 0 Å². The fraction of sp³-hybridized carbons (Fsp3) is 1.00. The largest absolute Gasteiger partial charge is 0.330 e. The molecular formula is C11H21N. The average molecular weight is 167 g/mol. The van der Waals surface area contributed by atoms with E-state index in [-0.39, 0.29) is 0 Å². The number of hydrogen-bond acceptors (Lipinski definition) is 1. The Morgan fingerprint density at radius 3 is 2.58 bits per heavy atom. The predicted molar refractivity (Wildman–Crippen MR) is 51.8 cm³/mol. The molecule has 0 spiro atoms. The van der Waals surface area contributed by atoms with Crippen LogP contribution >= 0.6 is 0 Å². The van der Waals surface area contributed by atoms with Crippen molar-refractivity contribution in [2.24, 2.45) is 28.9 Å². The minimum atomic E-state index is 0.651. The Bertz CT molecular complexity index is 170. The molecule has 0 aromatic heterocycles. The van der Waals surface area contributed by atoms with Gasteiger partial charge in [0.15, 0.2) is 0 Å². The van der Waals surface area contributed by atoms with Crippen LogP contribution in [-0.4, -0.2) is 6.54 Å². The first-order valence-electron chi connectivity index (χ1n) is 5.36. The van der Waals surface area contributed by atoms with Crippen molar-refractivity contribution in [3.05, 3.63) is 0 Å². The van der Waals surface area contributed by atoms with Gasteiger partial charge in [-0.2, -0.15) is 0 Å². The van der Waals surface area contributed by atoms with E-state index in [0.29, 0.717) is 5.41 Å². The van der Waals surface area contributed by atoms with Crippen LogP contribution in [0.25, 0.3) is 0 Å². The van der Waals surface area contributed by atoms with E-state index < -0.39 is 0 Å². The lowest BCUT2D eigenvalue weighted by atomic mass is 9.45. The highest BCUT2D eigenvalue weighted by atomic mass is 14.6. The third kappa shape index (κ3) is 1.02. The second-order valence-corrected chi connectivity index (χ2v) is 5.28. The van der Waals surface area contributed by atoms with Crippen LogP contribution in [0.4, 0.5) is 0 Å². The van der Waals surface area contributed by atoms with Crippen LogP contribution in [0.3, 0.4) is 0 Å². The second kappa shape index (κ2) is 2.73. The van der Waals surface area contributed by atoms with Crippen molar-refractivity contribution in [3.8, 4) is 0 Å². The molecule has 0 unspecified atom stereocenters. The molecule has 0 saturated heterocycles. The van der Waals surface area contributed by atoms with Gasteiger partial charge >= 0.3 is 0 Å². The molecule has 3 aliphatic carbocycles. The smallest absolute Gasteiger partial charge is 0.00745 e. The van der Waals surface area contributed by atoms with Crippen molar-refractivity contribution >= 4 is 0 Å². The highest BCUT2D eigenvalue weighted by Gasteiger charge is 2.53. The minimum Gasteiger partial charge on any atom is -0.330 e. The lowest BCUT2D eigenvalue weighted by molar-refractivity contribution is -0.106. The van der Waals surface area contributed by atoms with Gasteiger partial charge in [-0.3, -0.25) is 0 Å². The Labute approximate surface area is 75.7 Å². The van der Waals surface area contributed by atoms with E-state index in [9.17, 15) is 0 Å². The molecule has 1 heteroatoms. The lowest BCUT2D eigenvalue weighted by Crippen LogP contribution is -2.52. The molecule has 3 aliphatic rings. The first kappa shape index (κ1) is 8.55. The van der Waals surface area contributed by atoms with Gasteiger partial charge in [-0.15, -0.1) is 0 Å². The Balaban J connectivity index is 2.01. The van der Waals surface area contributed by atoms with E-state index in [0.717, 1.165) is 24.3 Å². The summed E-state index contributed by atoms with van der Waals surface area (Å²) in [6, 6.07) is 0. The average Bonchev–Trinajstić information content (AvgIpc) is 2.05. The van der Waals surface area contributed by atoms with Gasteiger partial charge in [-0.25, -0.2) is 0 Å². The van der Waals surface area contributed by atoms with Gasteiger partial charge in [0, 0.05) is 0 Å². The van der Waals surface area contributed by atoms with Crippen LogP contribution < -0.4 is 5.73 Å². The van der Waals surface area contributed by atoms with Crippen molar-refractivity contribution < 1.29 is 0 Å². The molecule has 3 rings (SSSR count). The summed E-state index contributed by atoms with van der Waals surface area (Å²) in [5.41, 5.74) is 6.28. The van der Waals surface area contributed by atoms with Gasteiger partial charge in [-0.05, 0) is 55.4 Å². The van der Waals surface area contributed by atoms with E-state index in [1.165, 1.54) is 25.7 Å². The molecule has 0 aromatic carbocycles. The minimum absolute atomic E-state index is 0.651. The Morgan fingerprint density at radius 2 is 2.08 bits per heavy atom. The molecule has 3 saturated carbocycles. The van der Waals surface area contributed by atoms with E-state index in [2.05, 4.69) is 13.8 Å². The maximum atomic E-state index is 5.63. The van der Waals surface area contributed by atoms with Crippen molar-refractivity contribution in [2.45, 2.75) is 39.5 Å². The molecule has 3 atom stereocenters. The van der Waals surface area contributed by atoms with Gasteiger partial charge in [0.05, 0.1) is 0 Å². The SMILES string of the molecule is CC1(C)[C@H]2CC[C@@H](CCN)[C@@H]1C2. The summed E-state index contributed by atoms with van der Waals surface area (Å²) < 4.78 is 0. The first-order valence-corrected chi connectivity index (χ1v) is 5.36. The van der Waals surface area contributed by atoms with Crippen LogP contribution in [0.5, 0.6) is 0 Å². The van der Waals surface area contributed by atoms with Crippen LogP contribution in [-0.2, 0) is 0 Å². The predicted octanol–water partition coefficient (Wildman–Crippen LogP) is 2.41. The first-order chi connectivity index (χ1) is 5.66. The van der Waals surface area contributed by atoms with Crippen molar-refractivity contribution in [1.29, 1.82) is 0 Å². The molecule has 12 heavy (non-hydrogen) atoms. The molecular weight excluding hydrogens is 146 g/mol. The molecule has 0 heterocycles. The van der Waals surface area contributed by atoms with Crippen LogP contribution in [0.1, 0.15) is 39.5 Å². The summed E-state index contributed by atoms with van der Waals surface area (Å²) in [7, 11) is 0. The van der Waals surface area contributed by atoms with Crippen molar-refractivity contribution in [3.63, 3.8) is 0 Å². The number of fused-ring (bicyclic) bond motifs is 2. The highest BCUT2D eigenvalue weighted by Crippen LogP contribution is 2.61. The molecule has 2 N–H and O–H groups in total. The van der Waals surface area contributed by atoms with Gasteiger partial charge < -0.3 is 5.73 Å². The van der Waals surface area contributed by atoms with Crippen molar-refractivity contribution in [2.75, 3.05) is 6.54 Å². The Kier molecular flexibility index (Phi) is 1.95. The van der Waals surface area contributed by atoms with Crippen LogP contribution in [0.15, 0.2) is 0 Å². The highest BCUT2D eigenvalue weighted by molar-refractivity contribution is 5.03. The quantitative estimate of drug-likeness (QED) is 0.671. The Hall–Kier alpha value is -0.0400. The third-order valence-electron chi connectivity index (χ3n) is 4.54. The number of rotatable bonds is 2. The van der Waals surface area contributed by atoms with E-state index in [4.69, 9.17) is 5.73 Å². The molecule has 70 valence electrons. The Morgan fingerprint density at radius 1 is 1.33 bits per heavy atom. The molecule has 2 bridgehead atoms. The summed E-state index contributed by atoms with van der Waals surface area (Å²) in [5, 5.41) is 0. The maximum Gasteiger partial charge on any atom is -0.00745 e. The molecule has 0 radical (unpaired) electrons. The van der Waals surface area contributed by atoms with Crippen LogP contribution in [0.2, 0.25) is 0 Å². The van der Waals surface area contributed by atoms with Gasteiger partial charge in [0.1, 0.15) is 0 Å². The fourth-order valence-corrected chi connectivity index (χ4v) is 3.52. The second-order valence-electron chi connectivity index (χ2n) is 5.28. The summed E-state index contributed by atoms with van der Waals surface area (Å²) in [6.07, 6.45) is 5.68.